The van der Waals surface area contributed by atoms with Gasteiger partial charge >= 0.3 is 11.9 Å². The second-order valence-electron chi connectivity index (χ2n) is 8.26. The van der Waals surface area contributed by atoms with Crippen LogP contribution in [0, 0.1) is 12.7 Å². The van der Waals surface area contributed by atoms with E-state index in [0.29, 0.717) is 11.1 Å². The zero-order valence-corrected chi connectivity index (χ0v) is 21.2. The fourth-order valence-corrected chi connectivity index (χ4v) is 5.72. The van der Waals surface area contributed by atoms with Crippen molar-refractivity contribution in [1.29, 1.82) is 0 Å². The standard InChI is InChI=1S/C28H24FNO6S/c1-18-9-15-22(16-10-18)37(33,34)30-24(20-11-13-21(29)14-12-20)17-23(19-7-5-4-6-8-19)25(27(31)35-2)26(30)28(32)36-3/h4-17,24H,1-3H3. The topological polar surface area (TPSA) is 90.0 Å². The van der Waals surface area contributed by atoms with Gasteiger partial charge in [-0.3, -0.25) is 0 Å². The zero-order valence-electron chi connectivity index (χ0n) is 20.3. The summed E-state index contributed by atoms with van der Waals surface area (Å²) in [6.07, 6.45) is 1.55. The maximum atomic E-state index is 14.1. The van der Waals surface area contributed by atoms with Gasteiger partial charge in [0, 0.05) is 0 Å². The fourth-order valence-electron chi connectivity index (χ4n) is 4.13. The molecular weight excluding hydrogens is 497 g/mol. The number of sulfonamides is 1. The number of carbonyl (C=O) groups is 2. The van der Waals surface area contributed by atoms with Crippen LogP contribution in [0.3, 0.4) is 0 Å². The molecule has 0 radical (unpaired) electrons. The number of hydrogen-bond acceptors (Lipinski definition) is 6. The third kappa shape index (κ3) is 4.90. The number of halogens is 1. The Morgan fingerprint density at radius 2 is 1.43 bits per heavy atom. The highest BCUT2D eigenvalue weighted by molar-refractivity contribution is 7.89. The third-order valence-electron chi connectivity index (χ3n) is 5.95. The molecule has 0 aliphatic carbocycles. The van der Waals surface area contributed by atoms with Crippen LogP contribution in [-0.4, -0.2) is 38.9 Å². The molecule has 0 bridgehead atoms. The van der Waals surface area contributed by atoms with Gasteiger partial charge in [0.2, 0.25) is 0 Å². The van der Waals surface area contributed by atoms with Crippen LogP contribution in [0.1, 0.15) is 22.7 Å². The molecule has 0 amide bonds. The highest BCUT2D eigenvalue weighted by Crippen LogP contribution is 2.43. The summed E-state index contributed by atoms with van der Waals surface area (Å²) in [4.78, 5) is 26.3. The molecule has 1 aliphatic rings. The molecule has 1 unspecified atom stereocenters. The van der Waals surface area contributed by atoms with Crippen molar-refractivity contribution in [3.63, 3.8) is 0 Å². The molecule has 1 aliphatic heterocycles. The van der Waals surface area contributed by atoms with Crippen molar-refractivity contribution in [1.82, 2.24) is 4.31 Å². The second-order valence-corrected chi connectivity index (χ2v) is 10.1. The summed E-state index contributed by atoms with van der Waals surface area (Å²) in [5, 5.41) is 0. The van der Waals surface area contributed by atoms with Crippen LogP contribution >= 0.6 is 0 Å². The van der Waals surface area contributed by atoms with Crippen LogP contribution in [0.2, 0.25) is 0 Å². The predicted octanol–water partition coefficient (Wildman–Crippen LogP) is 4.56. The lowest BCUT2D eigenvalue weighted by molar-refractivity contribution is -0.140. The Bertz CT molecular complexity index is 1490. The number of rotatable bonds is 6. The number of hydrogen-bond donors (Lipinski definition) is 0. The molecule has 37 heavy (non-hydrogen) atoms. The van der Waals surface area contributed by atoms with E-state index in [0.717, 1.165) is 24.1 Å². The molecular formula is C28H24FNO6S. The molecule has 9 heteroatoms. The minimum absolute atomic E-state index is 0.104. The monoisotopic (exact) mass is 521 g/mol. The fraction of sp³-hybridized carbons (Fsp3) is 0.143. The molecule has 0 aromatic heterocycles. The van der Waals surface area contributed by atoms with Gasteiger partial charge in [-0.15, -0.1) is 0 Å². The summed E-state index contributed by atoms with van der Waals surface area (Å²) < 4.78 is 52.8. The zero-order chi connectivity index (χ0) is 26.7. The molecule has 190 valence electrons. The van der Waals surface area contributed by atoms with E-state index in [4.69, 9.17) is 9.47 Å². The first-order chi connectivity index (χ1) is 17.7. The molecule has 3 aromatic carbocycles. The van der Waals surface area contributed by atoms with Crippen molar-refractivity contribution >= 4 is 27.5 Å². The van der Waals surface area contributed by atoms with Crippen molar-refractivity contribution in [3.8, 4) is 0 Å². The quantitative estimate of drug-likeness (QED) is 0.442. The summed E-state index contributed by atoms with van der Waals surface area (Å²) in [6, 6.07) is 18.9. The van der Waals surface area contributed by atoms with Crippen LogP contribution in [0.25, 0.3) is 5.57 Å². The molecule has 0 fully saturated rings. The summed E-state index contributed by atoms with van der Waals surface area (Å²) in [5.41, 5.74) is 1.25. The summed E-state index contributed by atoms with van der Waals surface area (Å²) in [7, 11) is -2.21. The van der Waals surface area contributed by atoms with Crippen LogP contribution in [0.5, 0.6) is 0 Å². The first kappa shape index (κ1) is 25.8. The molecule has 4 rings (SSSR count). The van der Waals surface area contributed by atoms with Gasteiger partial charge in [0.15, 0.2) is 5.70 Å². The SMILES string of the molecule is COC(=O)C1=C(C(=O)OC)N(S(=O)(=O)c2ccc(C)cc2)C(c2ccc(F)cc2)C=C1c1ccccc1. The Morgan fingerprint density at radius 1 is 0.838 bits per heavy atom. The van der Waals surface area contributed by atoms with Gasteiger partial charge in [-0.05, 0) is 54.0 Å². The Labute approximate surface area is 214 Å². The van der Waals surface area contributed by atoms with E-state index in [9.17, 15) is 22.4 Å². The number of ether oxygens (including phenoxy) is 2. The minimum atomic E-state index is -4.44. The number of carbonyl (C=O) groups excluding carboxylic acids is 2. The first-order valence-electron chi connectivity index (χ1n) is 11.2. The number of methoxy groups -OCH3 is 2. The van der Waals surface area contributed by atoms with E-state index in [-0.39, 0.29) is 16.0 Å². The average molecular weight is 522 g/mol. The first-order valence-corrected chi connectivity index (χ1v) is 12.7. The number of aryl methyl sites for hydroxylation is 1. The molecule has 0 N–H and O–H groups in total. The molecule has 0 saturated heterocycles. The van der Waals surface area contributed by atoms with Crippen LogP contribution in [-0.2, 0) is 29.1 Å². The van der Waals surface area contributed by atoms with Crippen LogP contribution in [0.4, 0.5) is 4.39 Å². The normalized spacial score (nSPS) is 15.7. The number of benzene rings is 3. The van der Waals surface area contributed by atoms with E-state index in [2.05, 4.69) is 0 Å². The number of esters is 2. The van der Waals surface area contributed by atoms with Gasteiger partial charge in [-0.1, -0.05) is 60.2 Å². The minimum Gasteiger partial charge on any atom is -0.465 e. The Kier molecular flexibility index (Phi) is 7.26. The van der Waals surface area contributed by atoms with Crippen LogP contribution < -0.4 is 0 Å². The Morgan fingerprint density at radius 3 is 2.00 bits per heavy atom. The highest BCUT2D eigenvalue weighted by atomic mass is 32.2. The Hall–Kier alpha value is -4.24. The molecule has 1 atom stereocenters. The largest absolute Gasteiger partial charge is 0.465 e. The maximum Gasteiger partial charge on any atom is 0.356 e. The van der Waals surface area contributed by atoms with E-state index in [1.807, 2.05) is 6.92 Å². The van der Waals surface area contributed by atoms with Crippen molar-refractivity contribution < 1.29 is 31.9 Å². The molecule has 7 nitrogen and oxygen atoms in total. The highest BCUT2D eigenvalue weighted by Gasteiger charge is 2.44. The van der Waals surface area contributed by atoms with E-state index < -0.39 is 39.5 Å². The van der Waals surface area contributed by atoms with E-state index in [1.165, 1.54) is 36.4 Å². The smallest absolute Gasteiger partial charge is 0.356 e. The van der Waals surface area contributed by atoms with Gasteiger partial charge < -0.3 is 9.47 Å². The van der Waals surface area contributed by atoms with Crippen molar-refractivity contribution in [3.05, 3.63) is 119 Å². The molecule has 0 saturated carbocycles. The van der Waals surface area contributed by atoms with Crippen molar-refractivity contribution in [2.24, 2.45) is 0 Å². The maximum absolute atomic E-state index is 14.1. The lowest BCUT2D eigenvalue weighted by Crippen LogP contribution is -2.41. The van der Waals surface area contributed by atoms with Gasteiger partial charge in [-0.25, -0.2) is 26.7 Å². The van der Waals surface area contributed by atoms with E-state index >= 15 is 0 Å². The molecule has 0 spiro atoms. The van der Waals surface area contributed by atoms with Crippen LogP contribution in [0.15, 0.2) is 101 Å². The third-order valence-corrected chi connectivity index (χ3v) is 7.74. The van der Waals surface area contributed by atoms with Gasteiger partial charge in [-0.2, -0.15) is 0 Å². The van der Waals surface area contributed by atoms with Gasteiger partial charge in [0.05, 0.1) is 30.7 Å². The lowest BCUT2D eigenvalue weighted by Gasteiger charge is -2.37. The summed E-state index contributed by atoms with van der Waals surface area (Å²) in [6.45, 7) is 1.81. The van der Waals surface area contributed by atoms with Crippen molar-refractivity contribution in [2.75, 3.05) is 14.2 Å². The number of nitrogens with zero attached hydrogens (tertiary/aromatic N) is 1. The Balaban J connectivity index is 2.10. The summed E-state index contributed by atoms with van der Waals surface area (Å²) >= 11 is 0. The van der Waals surface area contributed by atoms with E-state index in [1.54, 1.807) is 48.5 Å². The summed E-state index contributed by atoms with van der Waals surface area (Å²) in [5.74, 6) is -2.49. The van der Waals surface area contributed by atoms with Gasteiger partial charge in [0.1, 0.15) is 5.82 Å². The average Bonchev–Trinajstić information content (AvgIpc) is 2.92. The van der Waals surface area contributed by atoms with Gasteiger partial charge in [0.25, 0.3) is 10.0 Å². The molecule has 1 heterocycles. The van der Waals surface area contributed by atoms with Crippen molar-refractivity contribution in [2.45, 2.75) is 17.9 Å². The lowest BCUT2D eigenvalue weighted by atomic mass is 9.89. The molecule has 3 aromatic rings. The second kappa shape index (κ2) is 10.4. The predicted molar refractivity (Wildman–Crippen MR) is 135 cm³/mol.